The van der Waals surface area contributed by atoms with Gasteiger partial charge < -0.3 is 10.2 Å². The van der Waals surface area contributed by atoms with Crippen molar-refractivity contribution in [1.82, 2.24) is 20.0 Å². The van der Waals surface area contributed by atoms with Crippen LogP contribution < -0.4 is 5.32 Å². The molecule has 4 rings (SSSR count). The van der Waals surface area contributed by atoms with E-state index in [0.717, 1.165) is 49.8 Å². The Bertz CT molecular complexity index is 835. The minimum absolute atomic E-state index is 0.0885. The van der Waals surface area contributed by atoms with Crippen molar-refractivity contribution in [3.05, 3.63) is 47.0 Å². The van der Waals surface area contributed by atoms with Crippen molar-refractivity contribution in [3.8, 4) is 5.69 Å². The van der Waals surface area contributed by atoms with Gasteiger partial charge >= 0.3 is 0 Å². The molecule has 0 unspecified atom stereocenters. The summed E-state index contributed by atoms with van der Waals surface area (Å²) in [5, 5.41) is 7.94. The number of hydrogen-bond donors (Lipinski definition) is 1. The number of aryl methyl sites for hydroxylation is 2. The monoisotopic (exact) mass is 370 g/mol. The molecule has 1 aliphatic carbocycles. The van der Waals surface area contributed by atoms with Crippen molar-refractivity contribution in [2.45, 2.75) is 45.6 Å². The van der Waals surface area contributed by atoms with E-state index in [1.165, 1.54) is 18.9 Å². The molecule has 2 aromatic rings. The number of hydrogen-bond acceptors (Lipinski definition) is 3. The van der Waals surface area contributed by atoms with Gasteiger partial charge in [0.1, 0.15) is 11.5 Å². The Morgan fingerprint density at radius 3 is 2.52 bits per heavy atom. The molecular formula is C21H27FN4O. The zero-order valence-electron chi connectivity index (χ0n) is 16.0. The Balaban J connectivity index is 1.40. The number of carbonyl (C=O) groups is 1. The normalized spacial score (nSPS) is 18.1. The summed E-state index contributed by atoms with van der Waals surface area (Å²) < 4.78 is 16.2. The largest absolute Gasteiger partial charge is 0.339 e. The highest BCUT2D eigenvalue weighted by Crippen LogP contribution is 2.28. The van der Waals surface area contributed by atoms with Gasteiger partial charge in [-0.3, -0.25) is 4.79 Å². The van der Waals surface area contributed by atoms with Gasteiger partial charge in [0.15, 0.2) is 0 Å². The lowest BCUT2D eigenvalue weighted by Gasteiger charge is -2.32. The summed E-state index contributed by atoms with van der Waals surface area (Å²) in [7, 11) is 0. The van der Waals surface area contributed by atoms with Crippen LogP contribution in [0.3, 0.4) is 0 Å². The zero-order chi connectivity index (χ0) is 19.0. The molecule has 0 atom stereocenters. The lowest BCUT2D eigenvalue weighted by molar-refractivity contribution is 0.0704. The number of rotatable bonds is 5. The average molecular weight is 370 g/mol. The summed E-state index contributed by atoms with van der Waals surface area (Å²) in [6, 6.07) is 7.09. The molecule has 27 heavy (non-hydrogen) atoms. The van der Waals surface area contributed by atoms with E-state index in [0.29, 0.717) is 17.3 Å². The predicted molar refractivity (Wildman–Crippen MR) is 103 cm³/mol. The molecule has 0 radical (unpaired) electrons. The minimum Gasteiger partial charge on any atom is -0.339 e. The maximum absolute atomic E-state index is 14.7. The molecule has 1 aromatic carbocycles. The lowest BCUT2D eigenvalue weighted by atomic mass is 10.0. The van der Waals surface area contributed by atoms with E-state index in [1.807, 2.05) is 24.8 Å². The molecule has 2 heterocycles. The Kier molecular flexibility index (Phi) is 5.00. The van der Waals surface area contributed by atoms with Crippen molar-refractivity contribution in [2.24, 2.45) is 5.92 Å². The van der Waals surface area contributed by atoms with Crippen molar-refractivity contribution < 1.29 is 9.18 Å². The van der Waals surface area contributed by atoms with Crippen molar-refractivity contribution in [1.29, 1.82) is 0 Å². The van der Waals surface area contributed by atoms with Crippen LogP contribution in [0.1, 0.15) is 47.4 Å². The van der Waals surface area contributed by atoms with Crippen LogP contribution in [-0.4, -0.2) is 46.3 Å². The molecule has 0 bridgehead atoms. The summed E-state index contributed by atoms with van der Waals surface area (Å²) >= 11 is 0. The number of nitrogens with zero attached hydrogens (tertiary/aromatic N) is 3. The first-order valence-corrected chi connectivity index (χ1v) is 9.87. The summed E-state index contributed by atoms with van der Waals surface area (Å²) in [6.45, 7) is 6.32. The van der Waals surface area contributed by atoms with Crippen LogP contribution in [0.4, 0.5) is 4.39 Å². The van der Waals surface area contributed by atoms with E-state index < -0.39 is 5.82 Å². The quantitative estimate of drug-likeness (QED) is 0.879. The third-order valence-electron chi connectivity index (χ3n) is 5.61. The molecule has 6 heteroatoms. The summed E-state index contributed by atoms with van der Waals surface area (Å²) in [5.41, 5.74) is 2.48. The van der Waals surface area contributed by atoms with Crippen LogP contribution in [-0.2, 0) is 0 Å². The SMILES string of the molecule is Cc1cc(C)n(-c2ccc(C(=O)N3CCC(NCC4CC4)CC3)cc2F)n1. The van der Waals surface area contributed by atoms with Gasteiger partial charge in [0.05, 0.1) is 5.69 Å². The maximum Gasteiger partial charge on any atom is 0.253 e. The molecule has 2 aliphatic rings. The van der Waals surface area contributed by atoms with E-state index in [9.17, 15) is 9.18 Å². The number of piperidine rings is 1. The third kappa shape index (κ3) is 4.05. The fourth-order valence-electron chi connectivity index (χ4n) is 3.81. The smallest absolute Gasteiger partial charge is 0.253 e. The Morgan fingerprint density at radius 1 is 1.19 bits per heavy atom. The van der Waals surface area contributed by atoms with E-state index in [1.54, 1.807) is 16.8 Å². The topological polar surface area (TPSA) is 50.2 Å². The maximum atomic E-state index is 14.7. The lowest BCUT2D eigenvalue weighted by Crippen LogP contribution is -2.45. The Labute approximate surface area is 159 Å². The molecule has 1 amide bonds. The van der Waals surface area contributed by atoms with Gasteiger partial charge in [0, 0.05) is 30.4 Å². The van der Waals surface area contributed by atoms with Crippen molar-refractivity contribution >= 4 is 5.91 Å². The van der Waals surface area contributed by atoms with Gasteiger partial charge in [0.2, 0.25) is 0 Å². The van der Waals surface area contributed by atoms with Gasteiger partial charge in [-0.05, 0) is 76.3 Å². The number of carbonyl (C=O) groups excluding carboxylic acids is 1. The first kappa shape index (κ1) is 18.2. The molecule has 144 valence electrons. The first-order valence-electron chi connectivity index (χ1n) is 9.87. The fraction of sp³-hybridized carbons (Fsp3) is 0.524. The van der Waals surface area contributed by atoms with Gasteiger partial charge in [-0.2, -0.15) is 5.10 Å². The third-order valence-corrected chi connectivity index (χ3v) is 5.61. The Morgan fingerprint density at radius 2 is 1.93 bits per heavy atom. The van der Waals surface area contributed by atoms with Crippen LogP contribution in [0, 0.1) is 25.6 Å². The Hall–Kier alpha value is -2.21. The molecule has 1 aliphatic heterocycles. The summed E-state index contributed by atoms with van der Waals surface area (Å²) in [5.74, 6) is 0.357. The highest BCUT2D eigenvalue weighted by atomic mass is 19.1. The zero-order valence-corrected chi connectivity index (χ0v) is 16.0. The van der Waals surface area contributed by atoms with Crippen LogP contribution in [0.25, 0.3) is 5.69 Å². The predicted octanol–water partition coefficient (Wildman–Crippen LogP) is 3.23. The van der Waals surface area contributed by atoms with Crippen LogP contribution in [0.2, 0.25) is 0 Å². The van der Waals surface area contributed by atoms with Crippen LogP contribution in [0.15, 0.2) is 24.3 Å². The van der Waals surface area contributed by atoms with Crippen molar-refractivity contribution in [3.63, 3.8) is 0 Å². The highest BCUT2D eigenvalue weighted by Gasteiger charge is 2.26. The summed E-state index contributed by atoms with van der Waals surface area (Å²) in [6.07, 6.45) is 4.63. The number of halogens is 1. The van der Waals surface area contributed by atoms with Gasteiger partial charge in [-0.25, -0.2) is 9.07 Å². The number of likely N-dealkylation sites (tertiary alicyclic amines) is 1. The van der Waals surface area contributed by atoms with Gasteiger partial charge in [-0.15, -0.1) is 0 Å². The second kappa shape index (κ2) is 7.43. The molecular weight excluding hydrogens is 343 g/mol. The van der Waals surface area contributed by atoms with Crippen LogP contribution >= 0.6 is 0 Å². The molecule has 0 spiro atoms. The molecule has 2 fully saturated rings. The highest BCUT2D eigenvalue weighted by molar-refractivity contribution is 5.94. The molecule has 5 nitrogen and oxygen atoms in total. The second-order valence-electron chi connectivity index (χ2n) is 7.92. The number of benzene rings is 1. The number of amides is 1. The number of nitrogens with one attached hydrogen (secondary N) is 1. The number of aromatic nitrogens is 2. The molecule has 1 saturated heterocycles. The van der Waals surface area contributed by atoms with Crippen molar-refractivity contribution in [2.75, 3.05) is 19.6 Å². The van der Waals surface area contributed by atoms with E-state index in [-0.39, 0.29) is 5.91 Å². The fourth-order valence-corrected chi connectivity index (χ4v) is 3.81. The average Bonchev–Trinajstić information content (AvgIpc) is 3.43. The second-order valence-corrected chi connectivity index (χ2v) is 7.92. The summed E-state index contributed by atoms with van der Waals surface area (Å²) in [4.78, 5) is 14.6. The van der Waals surface area contributed by atoms with E-state index >= 15 is 0 Å². The standard InChI is InChI=1S/C21H27FN4O/c1-14-11-15(2)26(24-14)20-6-5-17(12-19(20)22)21(27)25-9-7-18(8-10-25)23-13-16-3-4-16/h5-6,11-12,16,18,23H,3-4,7-10,13H2,1-2H3. The van der Waals surface area contributed by atoms with E-state index in [2.05, 4.69) is 10.4 Å². The minimum atomic E-state index is -0.423. The van der Waals surface area contributed by atoms with Crippen LogP contribution in [0.5, 0.6) is 0 Å². The molecule has 1 N–H and O–H groups in total. The van der Waals surface area contributed by atoms with Gasteiger partial charge in [0.25, 0.3) is 5.91 Å². The van der Waals surface area contributed by atoms with Gasteiger partial charge in [-0.1, -0.05) is 0 Å². The molecule has 1 aromatic heterocycles. The molecule has 1 saturated carbocycles. The first-order chi connectivity index (χ1) is 13.0. The van der Waals surface area contributed by atoms with E-state index in [4.69, 9.17) is 0 Å².